The van der Waals surface area contributed by atoms with Crippen molar-refractivity contribution in [2.24, 2.45) is 0 Å². The van der Waals surface area contributed by atoms with E-state index in [-0.39, 0.29) is 24.6 Å². The van der Waals surface area contributed by atoms with E-state index >= 15 is 0 Å². The summed E-state index contributed by atoms with van der Waals surface area (Å²) in [5, 5.41) is 4.22. The Kier molecular flexibility index (Phi) is 4.46. The molecular formula is C23H23N3O3. The molecule has 6 nitrogen and oxygen atoms in total. The van der Waals surface area contributed by atoms with Gasteiger partial charge in [0.2, 0.25) is 5.91 Å². The number of carbonyl (C=O) groups excluding carboxylic acids is 2. The van der Waals surface area contributed by atoms with Gasteiger partial charge in [-0.1, -0.05) is 48.5 Å². The maximum atomic E-state index is 12.6. The molecule has 0 radical (unpaired) electrons. The summed E-state index contributed by atoms with van der Waals surface area (Å²) in [4.78, 5) is 30.5. The lowest BCUT2D eigenvalue weighted by atomic mass is 9.87. The molecule has 0 bridgehead atoms. The molecule has 0 spiro atoms. The number of nitrogens with one attached hydrogen (secondary N) is 2. The van der Waals surface area contributed by atoms with Gasteiger partial charge >= 0.3 is 6.09 Å². The molecule has 1 saturated heterocycles. The number of hydrogen-bond donors (Lipinski definition) is 2. The van der Waals surface area contributed by atoms with Crippen LogP contribution >= 0.6 is 0 Å². The van der Waals surface area contributed by atoms with Crippen LogP contribution in [-0.4, -0.2) is 34.5 Å². The van der Waals surface area contributed by atoms with E-state index in [2.05, 4.69) is 22.4 Å². The first-order valence-corrected chi connectivity index (χ1v) is 10.1. The SMILES string of the molecule is O=C(N[C@H]1CCC(=O)N2CCc3c([nH]c4ccccc34)[C@H]12)OCc1ccccc1. The number of aromatic amines is 1. The number of ether oxygens (including phenoxy) is 1. The van der Waals surface area contributed by atoms with Crippen LogP contribution in [0, 0.1) is 0 Å². The van der Waals surface area contributed by atoms with Gasteiger partial charge in [0, 0.05) is 29.6 Å². The van der Waals surface area contributed by atoms with Crippen molar-refractivity contribution in [3.05, 3.63) is 71.4 Å². The van der Waals surface area contributed by atoms with E-state index in [1.54, 1.807) is 0 Å². The molecule has 0 aliphatic carbocycles. The van der Waals surface area contributed by atoms with Crippen LogP contribution in [0.3, 0.4) is 0 Å². The smallest absolute Gasteiger partial charge is 0.407 e. The number of aromatic nitrogens is 1. The van der Waals surface area contributed by atoms with Crippen LogP contribution in [0.1, 0.15) is 35.7 Å². The van der Waals surface area contributed by atoms with E-state index in [1.165, 1.54) is 10.9 Å². The van der Waals surface area contributed by atoms with Crippen molar-refractivity contribution in [2.75, 3.05) is 6.54 Å². The number of nitrogens with zero attached hydrogens (tertiary/aromatic N) is 1. The Morgan fingerprint density at radius 2 is 1.90 bits per heavy atom. The summed E-state index contributed by atoms with van der Waals surface area (Å²) in [7, 11) is 0. The molecule has 2 amide bonds. The standard InChI is InChI=1S/C23H23N3O3/c27-20-11-10-19(25-23(28)29-14-15-6-2-1-3-7-15)22-21-17(12-13-26(20)22)16-8-4-5-9-18(16)24-21/h1-9,19,22,24H,10-14H2,(H,25,28)/t19-,22-/m0/s1. The number of piperidine rings is 1. The van der Waals surface area contributed by atoms with Crippen LogP contribution in [-0.2, 0) is 22.6 Å². The summed E-state index contributed by atoms with van der Waals surface area (Å²) in [6.07, 6.45) is 1.42. The highest BCUT2D eigenvalue weighted by atomic mass is 16.5. The van der Waals surface area contributed by atoms with E-state index < -0.39 is 6.09 Å². The van der Waals surface area contributed by atoms with Crippen molar-refractivity contribution in [2.45, 2.75) is 38.0 Å². The van der Waals surface area contributed by atoms with Gasteiger partial charge in [0.25, 0.3) is 0 Å². The van der Waals surface area contributed by atoms with Crippen molar-refractivity contribution in [3.63, 3.8) is 0 Å². The summed E-state index contributed by atoms with van der Waals surface area (Å²) in [6, 6.07) is 17.5. The average molecular weight is 389 g/mol. The fourth-order valence-electron chi connectivity index (χ4n) is 4.62. The van der Waals surface area contributed by atoms with Crippen LogP contribution < -0.4 is 5.32 Å². The number of H-pyrrole nitrogens is 1. The molecule has 2 aliphatic heterocycles. The third-order valence-electron chi connectivity index (χ3n) is 5.97. The first-order valence-electron chi connectivity index (χ1n) is 10.1. The molecule has 2 aliphatic rings. The Labute approximate surface area is 168 Å². The first-order chi connectivity index (χ1) is 14.2. The number of hydrogen-bond acceptors (Lipinski definition) is 3. The second-order valence-electron chi connectivity index (χ2n) is 7.70. The lowest BCUT2D eigenvalue weighted by Crippen LogP contribution is -2.54. The minimum Gasteiger partial charge on any atom is -0.445 e. The minimum atomic E-state index is -0.448. The van der Waals surface area contributed by atoms with Crippen molar-refractivity contribution >= 4 is 22.9 Å². The molecule has 148 valence electrons. The summed E-state index contributed by atoms with van der Waals surface area (Å²) >= 11 is 0. The van der Waals surface area contributed by atoms with Gasteiger partial charge in [0.15, 0.2) is 0 Å². The molecule has 5 rings (SSSR count). The second-order valence-corrected chi connectivity index (χ2v) is 7.70. The molecule has 6 heteroatoms. The molecule has 2 N–H and O–H groups in total. The van der Waals surface area contributed by atoms with E-state index in [4.69, 9.17) is 4.74 Å². The number of amides is 2. The van der Waals surface area contributed by atoms with E-state index in [1.807, 2.05) is 47.4 Å². The monoisotopic (exact) mass is 389 g/mol. The number of para-hydroxylation sites is 1. The fraction of sp³-hybridized carbons (Fsp3) is 0.304. The Morgan fingerprint density at radius 1 is 1.10 bits per heavy atom. The number of rotatable bonds is 3. The summed E-state index contributed by atoms with van der Waals surface area (Å²) in [5.74, 6) is 0.148. The topological polar surface area (TPSA) is 74.4 Å². The van der Waals surface area contributed by atoms with Gasteiger partial charge in [-0.05, 0) is 30.0 Å². The van der Waals surface area contributed by atoms with Gasteiger partial charge in [0.05, 0.1) is 12.1 Å². The van der Waals surface area contributed by atoms with Crippen LogP contribution in [0.25, 0.3) is 10.9 Å². The highest BCUT2D eigenvalue weighted by Gasteiger charge is 2.42. The zero-order valence-corrected chi connectivity index (χ0v) is 16.1. The largest absolute Gasteiger partial charge is 0.445 e. The molecule has 0 saturated carbocycles. The van der Waals surface area contributed by atoms with Gasteiger partial charge in [0.1, 0.15) is 6.61 Å². The van der Waals surface area contributed by atoms with Crippen molar-refractivity contribution in [1.82, 2.24) is 15.2 Å². The van der Waals surface area contributed by atoms with E-state index in [0.717, 1.165) is 23.2 Å². The molecular weight excluding hydrogens is 366 g/mol. The van der Waals surface area contributed by atoms with E-state index in [9.17, 15) is 9.59 Å². The van der Waals surface area contributed by atoms with Gasteiger partial charge in [-0.3, -0.25) is 4.79 Å². The number of fused-ring (bicyclic) bond motifs is 5. The van der Waals surface area contributed by atoms with Crippen molar-refractivity contribution in [1.29, 1.82) is 0 Å². The predicted molar refractivity (Wildman–Crippen MR) is 109 cm³/mol. The Balaban J connectivity index is 1.38. The van der Waals surface area contributed by atoms with Crippen LogP contribution in [0.2, 0.25) is 0 Å². The third kappa shape index (κ3) is 3.24. The van der Waals surface area contributed by atoms with Gasteiger partial charge < -0.3 is 19.9 Å². The molecule has 2 atom stereocenters. The van der Waals surface area contributed by atoms with Gasteiger partial charge in [-0.15, -0.1) is 0 Å². The molecule has 3 aromatic rings. The number of carbonyl (C=O) groups is 2. The normalized spacial score (nSPS) is 20.8. The van der Waals surface area contributed by atoms with Gasteiger partial charge in [-0.2, -0.15) is 0 Å². The average Bonchev–Trinajstić information content (AvgIpc) is 3.14. The zero-order chi connectivity index (χ0) is 19.8. The third-order valence-corrected chi connectivity index (χ3v) is 5.97. The number of alkyl carbamates (subject to hydrolysis) is 1. The molecule has 2 aromatic carbocycles. The highest BCUT2D eigenvalue weighted by molar-refractivity contribution is 5.86. The van der Waals surface area contributed by atoms with Crippen LogP contribution in [0.5, 0.6) is 0 Å². The lowest BCUT2D eigenvalue weighted by molar-refractivity contribution is -0.138. The number of benzene rings is 2. The quantitative estimate of drug-likeness (QED) is 0.718. The first kappa shape index (κ1) is 17.8. The Hall–Kier alpha value is -3.28. The molecule has 3 heterocycles. The van der Waals surface area contributed by atoms with Crippen molar-refractivity contribution < 1.29 is 14.3 Å². The summed E-state index contributed by atoms with van der Waals surface area (Å²) in [5.41, 5.74) is 4.31. The fourth-order valence-corrected chi connectivity index (χ4v) is 4.62. The minimum absolute atomic E-state index is 0.148. The summed E-state index contributed by atoms with van der Waals surface area (Å²) < 4.78 is 5.42. The molecule has 1 fully saturated rings. The summed E-state index contributed by atoms with van der Waals surface area (Å²) in [6.45, 7) is 0.903. The van der Waals surface area contributed by atoms with Crippen LogP contribution in [0.15, 0.2) is 54.6 Å². The van der Waals surface area contributed by atoms with E-state index in [0.29, 0.717) is 19.4 Å². The molecule has 0 unspecified atom stereocenters. The van der Waals surface area contributed by atoms with Crippen LogP contribution in [0.4, 0.5) is 4.79 Å². The van der Waals surface area contributed by atoms with Gasteiger partial charge in [-0.25, -0.2) is 4.79 Å². The zero-order valence-electron chi connectivity index (χ0n) is 16.1. The second kappa shape index (κ2) is 7.28. The lowest BCUT2D eigenvalue weighted by Gasteiger charge is -2.43. The maximum absolute atomic E-state index is 12.6. The highest BCUT2D eigenvalue weighted by Crippen LogP contribution is 2.40. The Bertz CT molecular complexity index is 1060. The predicted octanol–water partition coefficient (Wildman–Crippen LogP) is 3.68. The van der Waals surface area contributed by atoms with Crippen molar-refractivity contribution in [3.8, 4) is 0 Å². The molecule has 1 aromatic heterocycles. The molecule has 29 heavy (non-hydrogen) atoms. The maximum Gasteiger partial charge on any atom is 0.407 e. The Morgan fingerprint density at radius 3 is 2.76 bits per heavy atom.